The van der Waals surface area contributed by atoms with Crippen molar-refractivity contribution >= 4 is 5.97 Å². The highest BCUT2D eigenvalue weighted by atomic mass is 19.3. The molecule has 5 heteroatoms. The van der Waals surface area contributed by atoms with E-state index in [1.54, 1.807) is 0 Å². The van der Waals surface area contributed by atoms with Crippen molar-refractivity contribution in [2.45, 2.75) is 37.6 Å². The van der Waals surface area contributed by atoms with Crippen molar-refractivity contribution in [3.8, 4) is 0 Å². The third kappa shape index (κ3) is 3.67. The van der Waals surface area contributed by atoms with Crippen LogP contribution in [-0.2, 0) is 4.79 Å². The maximum Gasteiger partial charge on any atom is 0.309 e. The summed E-state index contributed by atoms with van der Waals surface area (Å²) in [7, 11) is 0. The van der Waals surface area contributed by atoms with Crippen molar-refractivity contribution < 1.29 is 18.7 Å². The zero-order valence-electron chi connectivity index (χ0n) is 7.22. The summed E-state index contributed by atoms with van der Waals surface area (Å²) in [5.74, 6) is -4.58. The van der Waals surface area contributed by atoms with Gasteiger partial charge in [-0.25, -0.2) is 8.78 Å². The third-order valence-corrected chi connectivity index (χ3v) is 2.16. The number of alkyl halides is 2. The highest BCUT2D eigenvalue weighted by Crippen LogP contribution is 2.21. The van der Waals surface area contributed by atoms with E-state index in [4.69, 9.17) is 5.11 Å². The molecule has 0 aromatic carbocycles. The molecule has 1 aliphatic rings. The minimum Gasteiger partial charge on any atom is -0.481 e. The van der Waals surface area contributed by atoms with Crippen LogP contribution in [0.4, 0.5) is 8.78 Å². The Kier molecular flexibility index (Phi) is 3.19. The molecule has 76 valence electrons. The van der Waals surface area contributed by atoms with Crippen LogP contribution >= 0.6 is 0 Å². The quantitative estimate of drug-likeness (QED) is 0.690. The molecule has 0 aromatic rings. The van der Waals surface area contributed by atoms with Gasteiger partial charge in [-0.05, 0) is 12.8 Å². The average molecular weight is 193 g/mol. The molecule has 3 nitrogen and oxygen atoms in total. The van der Waals surface area contributed by atoms with Gasteiger partial charge in [0.2, 0.25) is 0 Å². The summed E-state index contributed by atoms with van der Waals surface area (Å²) < 4.78 is 25.5. The van der Waals surface area contributed by atoms with Gasteiger partial charge in [-0.3, -0.25) is 4.79 Å². The SMILES string of the molecule is O=C(O)CC(F)(F)CNC1CCC1. The fourth-order valence-corrected chi connectivity index (χ4v) is 1.19. The second-order valence-corrected chi connectivity index (χ2v) is 3.44. The Morgan fingerprint density at radius 2 is 2.15 bits per heavy atom. The first-order chi connectivity index (χ1) is 5.99. The van der Waals surface area contributed by atoms with Crippen LogP contribution < -0.4 is 5.32 Å². The maximum absolute atomic E-state index is 12.8. The molecule has 1 saturated carbocycles. The molecule has 0 radical (unpaired) electrons. The van der Waals surface area contributed by atoms with E-state index in [1.165, 1.54) is 0 Å². The highest BCUT2D eigenvalue weighted by Gasteiger charge is 2.33. The number of nitrogens with one attached hydrogen (secondary N) is 1. The molecule has 0 spiro atoms. The second kappa shape index (κ2) is 4.00. The predicted octanol–water partition coefficient (Wildman–Crippen LogP) is 1.24. The summed E-state index contributed by atoms with van der Waals surface area (Å²) in [6.45, 7) is -0.524. The zero-order chi connectivity index (χ0) is 9.90. The normalized spacial score (nSPS) is 18.3. The van der Waals surface area contributed by atoms with Gasteiger partial charge in [0.25, 0.3) is 5.92 Å². The number of carboxylic acid groups (broad SMARTS) is 1. The van der Waals surface area contributed by atoms with E-state index in [1.807, 2.05) is 0 Å². The topological polar surface area (TPSA) is 49.3 Å². The van der Waals surface area contributed by atoms with Crippen molar-refractivity contribution in [1.82, 2.24) is 5.32 Å². The van der Waals surface area contributed by atoms with Gasteiger partial charge < -0.3 is 10.4 Å². The Hall–Kier alpha value is -0.710. The number of rotatable bonds is 5. The highest BCUT2D eigenvalue weighted by molar-refractivity contribution is 5.67. The van der Waals surface area contributed by atoms with Gasteiger partial charge in [0.1, 0.15) is 6.42 Å². The Labute approximate surface area is 75.1 Å². The molecule has 2 N–H and O–H groups in total. The molecule has 13 heavy (non-hydrogen) atoms. The molecular formula is C8H13F2NO2. The first kappa shape index (κ1) is 10.4. The van der Waals surface area contributed by atoms with Crippen molar-refractivity contribution in [1.29, 1.82) is 0 Å². The van der Waals surface area contributed by atoms with Gasteiger partial charge in [0.05, 0.1) is 6.54 Å². The van der Waals surface area contributed by atoms with Crippen LogP contribution in [0.2, 0.25) is 0 Å². The van der Waals surface area contributed by atoms with Gasteiger partial charge in [0, 0.05) is 6.04 Å². The Morgan fingerprint density at radius 1 is 1.54 bits per heavy atom. The molecule has 0 heterocycles. The predicted molar refractivity (Wildman–Crippen MR) is 42.8 cm³/mol. The molecule has 0 aromatic heterocycles. The molecule has 1 fully saturated rings. The summed E-state index contributed by atoms with van der Waals surface area (Å²) >= 11 is 0. The van der Waals surface area contributed by atoms with E-state index >= 15 is 0 Å². The first-order valence-electron chi connectivity index (χ1n) is 4.33. The third-order valence-electron chi connectivity index (χ3n) is 2.16. The number of carboxylic acids is 1. The van der Waals surface area contributed by atoms with Crippen LogP contribution in [0, 0.1) is 0 Å². The van der Waals surface area contributed by atoms with Crippen molar-refractivity contribution in [2.75, 3.05) is 6.54 Å². The summed E-state index contributed by atoms with van der Waals surface area (Å²) in [4.78, 5) is 10.0. The van der Waals surface area contributed by atoms with E-state index in [9.17, 15) is 13.6 Å². The molecule has 0 unspecified atom stereocenters. The monoisotopic (exact) mass is 193 g/mol. The van der Waals surface area contributed by atoms with Gasteiger partial charge >= 0.3 is 5.97 Å². The number of hydrogen-bond donors (Lipinski definition) is 2. The van der Waals surface area contributed by atoms with E-state index in [-0.39, 0.29) is 6.04 Å². The molecular weight excluding hydrogens is 180 g/mol. The van der Waals surface area contributed by atoms with Crippen molar-refractivity contribution in [3.05, 3.63) is 0 Å². The molecule has 0 atom stereocenters. The lowest BCUT2D eigenvalue weighted by atomic mass is 9.93. The molecule has 0 amide bonds. The van der Waals surface area contributed by atoms with E-state index < -0.39 is 24.9 Å². The van der Waals surface area contributed by atoms with E-state index in [0.29, 0.717) is 0 Å². The van der Waals surface area contributed by atoms with Crippen LogP contribution in [0.1, 0.15) is 25.7 Å². The van der Waals surface area contributed by atoms with Crippen molar-refractivity contribution in [3.63, 3.8) is 0 Å². The summed E-state index contributed by atoms with van der Waals surface area (Å²) in [6, 6.07) is 0.166. The summed E-state index contributed by atoms with van der Waals surface area (Å²) in [6.07, 6.45) is 1.82. The van der Waals surface area contributed by atoms with Gasteiger partial charge in [-0.15, -0.1) is 0 Å². The molecule has 1 aliphatic carbocycles. The number of halogens is 2. The van der Waals surface area contributed by atoms with Crippen LogP contribution in [-0.4, -0.2) is 29.6 Å². The number of carbonyl (C=O) groups is 1. The standard InChI is InChI=1S/C8H13F2NO2/c9-8(10,4-7(12)13)5-11-6-2-1-3-6/h6,11H,1-5H2,(H,12,13). The fraction of sp³-hybridized carbons (Fsp3) is 0.875. The van der Waals surface area contributed by atoms with Crippen LogP contribution in [0.5, 0.6) is 0 Å². The van der Waals surface area contributed by atoms with E-state index in [2.05, 4.69) is 5.32 Å². The smallest absolute Gasteiger partial charge is 0.309 e. The molecule has 0 bridgehead atoms. The van der Waals surface area contributed by atoms with Crippen LogP contribution in [0.3, 0.4) is 0 Å². The maximum atomic E-state index is 12.8. The molecule has 0 aliphatic heterocycles. The van der Waals surface area contributed by atoms with Gasteiger partial charge in [-0.2, -0.15) is 0 Å². The first-order valence-corrected chi connectivity index (χ1v) is 4.33. The number of hydrogen-bond acceptors (Lipinski definition) is 2. The lowest BCUT2D eigenvalue weighted by molar-refractivity contribution is -0.144. The average Bonchev–Trinajstić information content (AvgIpc) is 1.79. The zero-order valence-corrected chi connectivity index (χ0v) is 7.22. The summed E-state index contributed by atoms with van der Waals surface area (Å²) in [5.41, 5.74) is 0. The molecule has 1 rings (SSSR count). The molecule has 0 saturated heterocycles. The van der Waals surface area contributed by atoms with Gasteiger partial charge in [0.15, 0.2) is 0 Å². The van der Waals surface area contributed by atoms with Crippen LogP contribution in [0.25, 0.3) is 0 Å². The lowest BCUT2D eigenvalue weighted by Crippen LogP contribution is -2.43. The largest absolute Gasteiger partial charge is 0.481 e. The summed E-state index contributed by atoms with van der Waals surface area (Å²) in [5, 5.41) is 10.8. The lowest BCUT2D eigenvalue weighted by Gasteiger charge is -2.28. The minimum absolute atomic E-state index is 0.166. The Balaban J connectivity index is 2.19. The Bertz CT molecular complexity index is 193. The Morgan fingerprint density at radius 3 is 2.54 bits per heavy atom. The fourth-order valence-electron chi connectivity index (χ4n) is 1.19. The van der Waals surface area contributed by atoms with Gasteiger partial charge in [-0.1, -0.05) is 6.42 Å². The number of aliphatic carboxylic acids is 1. The van der Waals surface area contributed by atoms with Crippen molar-refractivity contribution in [2.24, 2.45) is 0 Å². The second-order valence-electron chi connectivity index (χ2n) is 3.44. The van der Waals surface area contributed by atoms with E-state index in [0.717, 1.165) is 19.3 Å². The van der Waals surface area contributed by atoms with Crippen LogP contribution in [0.15, 0.2) is 0 Å². The minimum atomic E-state index is -3.12.